The molecule has 0 atom stereocenters. The number of aromatic hydroxyl groups is 1. The van der Waals surface area contributed by atoms with Crippen molar-refractivity contribution in [3.8, 4) is 5.75 Å². The SMILES string of the molecule is C=CCN1C(=O)/C(=C\c2cccc([N+](=O)[O-])c2O)SC1=S. The van der Waals surface area contributed by atoms with Gasteiger partial charge in [0.05, 0.1) is 9.83 Å². The highest BCUT2D eigenvalue weighted by atomic mass is 32.2. The molecule has 1 amide bonds. The second-order valence-electron chi connectivity index (χ2n) is 4.05. The lowest BCUT2D eigenvalue weighted by Gasteiger charge is -2.10. The van der Waals surface area contributed by atoms with Crippen molar-refractivity contribution in [2.24, 2.45) is 0 Å². The first-order valence-corrected chi connectivity index (χ1v) is 7.00. The summed E-state index contributed by atoms with van der Waals surface area (Å²) in [5.41, 5.74) is -0.214. The monoisotopic (exact) mass is 322 g/mol. The van der Waals surface area contributed by atoms with Gasteiger partial charge in [0.2, 0.25) is 5.75 Å². The molecule has 21 heavy (non-hydrogen) atoms. The summed E-state index contributed by atoms with van der Waals surface area (Å²) in [7, 11) is 0. The topological polar surface area (TPSA) is 83.7 Å². The molecule has 1 fully saturated rings. The van der Waals surface area contributed by atoms with E-state index in [0.717, 1.165) is 11.8 Å². The van der Waals surface area contributed by atoms with E-state index in [1.54, 1.807) is 6.08 Å². The maximum absolute atomic E-state index is 12.1. The van der Waals surface area contributed by atoms with E-state index in [-0.39, 0.29) is 11.5 Å². The van der Waals surface area contributed by atoms with E-state index in [2.05, 4.69) is 6.58 Å². The summed E-state index contributed by atoms with van der Waals surface area (Å²) in [6.07, 6.45) is 2.95. The van der Waals surface area contributed by atoms with Crippen LogP contribution >= 0.6 is 24.0 Å². The molecule has 8 heteroatoms. The van der Waals surface area contributed by atoms with E-state index >= 15 is 0 Å². The maximum Gasteiger partial charge on any atom is 0.311 e. The van der Waals surface area contributed by atoms with Crippen molar-refractivity contribution in [2.75, 3.05) is 6.54 Å². The molecular weight excluding hydrogens is 312 g/mol. The summed E-state index contributed by atoms with van der Waals surface area (Å²) in [6.45, 7) is 3.84. The number of phenols is 1. The Hall–Kier alpha value is -2.19. The second-order valence-corrected chi connectivity index (χ2v) is 5.73. The van der Waals surface area contributed by atoms with Crippen LogP contribution in [0.1, 0.15) is 5.56 Å². The Labute approximate surface area is 129 Å². The molecular formula is C13H10N2O4S2. The minimum atomic E-state index is -0.685. The average Bonchev–Trinajstić information content (AvgIpc) is 2.69. The summed E-state index contributed by atoms with van der Waals surface area (Å²) < 4.78 is 0.385. The number of phenolic OH excluding ortho intramolecular Hbond substituents is 1. The molecule has 0 spiro atoms. The lowest BCUT2D eigenvalue weighted by molar-refractivity contribution is -0.385. The highest BCUT2D eigenvalue weighted by Gasteiger charge is 2.31. The molecule has 1 N–H and O–H groups in total. The van der Waals surface area contributed by atoms with Crippen LogP contribution in [0.4, 0.5) is 5.69 Å². The Bertz CT molecular complexity index is 685. The summed E-state index contributed by atoms with van der Waals surface area (Å²) in [5, 5.41) is 20.6. The number of benzene rings is 1. The first kappa shape index (κ1) is 15.2. The molecule has 0 unspecified atom stereocenters. The number of rotatable bonds is 4. The van der Waals surface area contributed by atoms with Crippen LogP contribution in [0.15, 0.2) is 35.8 Å². The molecule has 0 saturated carbocycles. The number of para-hydroxylation sites is 1. The predicted molar refractivity (Wildman–Crippen MR) is 84.8 cm³/mol. The third-order valence-electron chi connectivity index (χ3n) is 2.71. The molecule has 0 bridgehead atoms. The quantitative estimate of drug-likeness (QED) is 0.302. The van der Waals surface area contributed by atoms with Crippen molar-refractivity contribution in [1.82, 2.24) is 4.90 Å². The van der Waals surface area contributed by atoms with Gasteiger partial charge < -0.3 is 5.11 Å². The molecule has 2 rings (SSSR count). The van der Waals surface area contributed by atoms with E-state index in [1.807, 2.05) is 0 Å². The predicted octanol–water partition coefficient (Wildman–Crippen LogP) is 2.69. The van der Waals surface area contributed by atoms with E-state index in [1.165, 1.54) is 29.2 Å². The zero-order valence-electron chi connectivity index (χ0n) is 10.7. The third kappa shape index (κ3) is 2.96. The zero-order valence-corrected chi connectivity index (χ0v) is 12.3. The molecule has 1 heterocycles. The van der Waals surface area contributed by atoms with E-state index in [0.29, 0.717) is 15.8 Å². The van der Waals surface area contributed by atoms with Gasteiger partial charge in [0.1, 0.15) is 4.32 Å². The number of nitro groups is 1. The van der Waals surface area contributed by atoms with Crippen LogP contribution in [-0.4, -0.2) is 31.7 Å². The molecule has 0 aliphatic carbocycles. The summed E-state index contributed by atoms with van der Waals surface area (Å²) >= 11 is 6.16. The molecule has 0 radical (unpaired) electrons. The van der Waals surface area contributed by atoms with Crippen molar-refractivity contribution in [2.45, 2.75) is 0 Å². The number of carbonyl (C=O) groups is 1. The molecule has 1 aliphatic heterocycles. The highest BCUT2D eigenvalue weighted by molar-refractivity contribution is 8.26. The smallest absolute Gasteiger partial charge is 0.311 e. The van der Waals surface area contributed by atoms with Gasteiger partial charge in [-0.05, 0) is 6.08 Å². The molecule has 1 aromatic carbocycles. The van der Waals surface area contributed by atoms with Crippen LogP contribution in [0.5, 0.6) is 5.75 Å². The van der Waals surface area contributed by atoms with Crippen molar-refractivity contribution in [1.29, 1.82) is 0 Å². The van der Waals surface area contributed by atoms with Crippen molar-refractivity contribution >= 4 is 46.0 Å². The van der Waals surface area contributed by atoms with Gasteiger partial charge in [0.15, 0.2) is 0 Å². The van der Waals surface area contributed by atoms with Crippen molar-refractivity contribution in [3.63, 3.8) is 0 Å². The molecule has 0 aromatic heterocycles. The number of hydrogen-bond acceptors (Lipinski definition) is 6. The first-order chi connectivity index (χ1) is 9.95. The summed E-state index contributed by atoms with van der Waals surface area (Å²) in [4.78, 5) is 23.9. The van der Waals surface area contributed by atoms with Gasteiger partial charge in [-0.2, -0.15) is 0 Å². The Morgan fingerprint density at radius 3 is 2.86 bits per heavy atom. The lowest BCUT2D eigenvalue weighted by Crippen LogP contribution is -2.27. The number of carbonyl (C=O) groups excluding carboxylic acids is 1. The van der Waals surface area contributed by atoms with E-state index in [9.17, 15) is 20.0 Å². The largest absolute Gasteiger partial charge is 0.502 e. The second kappa shape index (κ2) is 6.06. The Morgan fingerprint density at radius 1 is 1.52 bits per heavy atom. The van der Waals surface area contributed by atoms with Gasteiger partial charge in [-0.3, -0.25) is 19.8 Å². The highest BCUT2D eigenvalue weighted by Crippen LogP contribution is 2.36. The van der Waals surface area contributed by atoms with Crippen LogP contribution in [0.25, 0.3) is 6.08 Å². The van der Waals surface area contributed by atoms with Crippen molar-refractivity contribution in [3.05, 3.63) is 51.4 Å². The van der Waals surface area contributed by atoms with Crippen LogP contribution in [0.2, 0.25) is 0 Å². The number of amides is 1. The van der Waals surface area contributed by atoms with Gasteiger partial charge in [0, 0.05) is 18.2 Å². The fourth-order valence-electron chi connectivity index (χ4n) is 1.74. The first-order valence-electron chi connectivity index (χ1n) is 5.78. The fourth-order valence-corrected chi connectivity index (χ4v) is 3.01. The van der Waals surface area contributed by atoms with Gasteiger partial charge in [-0.1, -0.05) is 42.2 Å². The van der Waals surface area contributed by atoms with Gasteiger partial charge >= 0.3 is 5.69 Å². The Balaban J connectivity index is 2.39. The number of thioether (sulfide) groups is 1. The van der Waals surface area contributed by atoms with Crippen LogP contribution in [-0.2, 0) is 4.79 Å². The van der Waals surface area contributed by atoms with Gasteiger partial charge in [0.25, 0.3) is 5.91 Å². The van der Waals surface area contributed by atoms with Gasteiger partial charge in [-0.15, -0.1) is 6.58 Å². The maximum atomic E-state index is 12.1. The van der Waals surface area contributed by atoms with Crippen LogP contribution in [0, 0.1) is 10.1 Å². The standard InChI is InChI=1S/C13H10N2O4S2/c1-2-6-14-12(17)10(21-13(14)20)7-8-4-3-5-9(11(8)16)15(18)19/h2-5,7,16H,1,6H2/b10-7+. The fraction of sp³-hybridized carbons (Fsp3) is 0.0769. The van der Waals surface area contributed by atoms with E-state index < -0.39 is 16.4 Å². The number of thiocarbonyl (C=S) groups is 1. The molecule has 108 valence electrons. The Morgan fingerprint density at radius 2 is 2.24 bits per heavy atom. The normalized spacial score (nSPS) is 16.6. The molecule has 1 saturated heterocycles. The minimum absolute atomic E-state index is 0.198. The number of nitrogens with zero attached hydrogens (tertiary/aromatic N) is 2. The summed E-state index contributed by atoms with van der Waals surface area (Å²) in [6, 6.07) is 4.12. The van der Waals surface area contributed by atoms with Gasteiger partial charge in [-0.25, -0.2) is 0 Å². The van der Waals surface area contributed by atoms with E-state index in [4.69, 9.17) is 12.2 Å². The average molecular weight is 322 g/mol. The molecule has 6 nitrogen and oxygen atoms in total. The number of nitro benzene ring substituents is 1. The van der Waals surface area contributed by atoms with Crippen LogP contribution < -0.4 is 0 Å². The Kier molecular flexibility index (Phi) is 4.39. The zero-order chi connectivity index (χ0) is 15.6. The lowest BCUT2D eigenvalue weighted by atomic mass is 10.1. The number of hydrogen-bond donors (Lipinski definition) is 1. The molecule has 1 aliphatic rings. The van der Waals surface area contributed by atoms with Crippen LogP contribution in [0.3, 0.4) is 0 Å². The third-order valence-corrected chi connectivity index (χ3v) is 4.09. The summed E-state index contributed by atoms with van der Waals surface area (Å²) in [5.74, 6) is -0.785. The minimum Gasteiger partial charge on any atom is -0.502 e. The van der Waals surface area contributed by atoms with Crippen molar-refractivity contribution < 1.29 is 14.8 Å². The molecule has 1 aromatic rings.